The Morgan fingerprint density at radius 3 is 2.29 bits per heavy atom. The molecule has 258 valence electrons. The maximum absolute atomic E-state index is 13.2. The number of halogens is 1. The predicted octanol–water partition coefficient (Wildman–Crippen LogP) is 4.73. The fourth-order valence-electron chi connectivity index (χ4n) is 6.69. The number of hydrogen-bond donors (Lipinski definition) is 4. The van der Waals surface area contributed by atoms with Crippen LogP contribution >= 0.6 is 15.9 Å². The van der Waals surface area contributed by atoms with Crippen molar-refractivity contribution in [3.05, 3.63) is 82.3 Å². The van der Waals surface area contributed by atoms with Crippen LogP contribution in [0.1, 0.15) is 54.4 Å². The zero-order valence-corrected chi connectivity index (χ0v) is 29.0. The van der Waals surface area contributed by atoms with E-state index in [-0.39, 0.29) is 11.8 Å². The summed E-state index contributed by atoms with van der Waals surface area (Å²) < 4.78 is 11.8. The van der Waals surface area contributed by atoms with Crippen molar-refractivity contribution in [1.29, 1.82) is 0 Å². The molecule has 3 fully saturated rings. The summed E-state index contributed by atoms with van der Waals surface area (Å²) in [5.41, 5.74) is 6.84. The fraction of sp³-hybridized carbons (Fsp3) is 0.486. The molecule has 1 atom stereocenters. The molecule has 10 nitrogen and oxygen atoms in total. The van der Waals surface area contributed by atoms with Crippen LogP contribution in [0, 0.1) is 11.8 Å². The summed E-state index contributed by atoms with van der Waals surface area (Å²) in [6.45, 7) is 5.65. The third-order valence-corrected chi connectivity index (χ3v) is 10.1. The average molecular weight is 724 g/mol. The lowest BCUT2D eigenvalue weighted by Crippen LogP contribution is -2.58. The molecule has 1 saturated carbocycles. The molecule has 2 heterocycles. The normalized spacial score (nSPS) is 19.2. The Morgan fingerprint density at radius 2 is 1.60 bits per heavy atom. The molecule has 2 amide bonds. The van der Waals surface area contributed by atoms with Crippen LogP contribution in [0.15, 0.2) is 71.2 Å². The van der Waals surface area contributed by atoms with Crippen molar-refractivity contribution in [3.8, 4) is 0 Å². The lowest BCUT2D eigenvalue weighted by molar-refractivity contribution is -0.132. The van der Waals surface area contributed by atoms with Gasteiger partial charge in [0.25, 0.3) is 0 Å². The first kappa shape index (κ1) is 35.9. The van der Waals surface area contributed by atoms with Gasteiger partial charge in [0.05, 0.1) is 24.3 Å². The highest BCUT2D eigenvalue weighted by Crippen LogP contribution is 2.27. The zero-order valence-electron chi connectivity index (χ0n) is 27.4. The number of nitrogens with one attached hydrogen (secondary N) is 2. The van der Waals surface area contributed by atoms with E-state index in [9.17, 15) is 14.4 Å². The number of nitrogens with zero attached hydrogens (tertiary/aromatic N) is 1. The molecule has 3 aliphatic rings. The SMILES string of the molecule is NC1(C(=O)N[C@H](Cc2ccccc2)C(=O)NCC2CCN(CC3COCOC3)CC2)CCCC1.O=C(O)c1ccc2cc(Br)ccc2c1. The third-order valence-electron chi connectivity index (χ3n) is 9.56. The van der Waals surface area contributed by atoms with Crippen molar-refractivity contribution < 1.29 is 29.0 Å². The highest BCUT2D eigenvalue weighted by Gasteiger charge is 2.39. The number of carbonyl (C=O) groups is 3. The molecule has 3 aromatic rings. The summed E-state index contributed by atoms with van der Waals surface area (Å²) in [5.74, 6) is -0.335. The van der Waals surface area contributed by atoms with Crippen molar-refractivity contribution in [3.63, 3.8) is 0 Å². The van der Waals surface area contributed by atoms with Gasteiger partial charge in [0, 0.05) is 29.9 Å². The van der Waals surface area contributed by atoms with E-state index in [0.717, 1.165) is 79.3 Å². The average Bonchev–Trinajstić information content (AvgIpc) is 3.56. The van der Waals surface area contributed by atoms with Crippen LogP contribution in [0.4, 0.5) is 0 Å². The second kappa shape index (κ2) is 17.3. The number of ether oxygens (including phenoxy) is 2. The monoisotopic (exact) mass is 722 g/mol. The summed E-state index contributed by atoms with van der Waals surface area (Å²) >= 11 is 3.36. The van der Waals surface area contributed by atoms with Gasteiger partial charge in [-0.3, -0.25) is 9.59 Å². The fourth-order valence-corrected chi connectivity index (χ4v) is 7.07. The van der Waals surface area contributed by atoms with Crippen LogP contribution < -0.4 is 16.4 Å². The van der Waals surface area contributed by atoms with Gasteiger partial charge >= 0.3 is 5.97 Å². The van der Waals surface area contributed by atoms with Gasteiger partial charge in [0.1, 0.15) is 12.8 Å². The number of carboxylic acid groups (broad SMARTS) is 1. The summed E-state index contributed by atoms with van der Waals surface area (Å²) in [5, 5.41) is 16.9. The number of likely N-dealkylation sites (tertiary alicyclic amines) is 1. The van der Waals surface area contributed by atoms with E-state index in [1.165, 1.54) is 0 Å². The summed E-state index contributed by atoms with van der Waals surface area (Å²) in [4.78, 5) is 39.3. The van der Waals surface area contributed by atoms with Crippen LogP contribution in [-0.4, -0.2) is 85.6 Å². The lowest BCUT2D eigenvalue weighted by Gasteiger charge is -2.35. The molecule has 11 heteroatoms. The van der Waals surface area contributed by atoms with E-state index >= 15 is 0 Å². The Hall–Kier alpha value is -3.35. The maximum atomic E-state index is 13.2. The van der Waals surface area contributed by atoms with Gasteiger partial charge in [0.15, 0.2) is 0 Å². The zero-order chi connectivity index (χ0) is 33.9. The van der Waals surface area contributed by atoms with Gasteiger partial charge in [-0.15, -0.1) is 0 Å². The van der Waals surface area contributed by atoms with Crippen LogP contribution in [0.2, 0.25) is 0 Å². The number of rotatable bonds is 10. The number of carbonyl (C=O) groups excluding carboxylic acids is 2. The van der Waals surface area contributed by atoms with Crippen molar-refractivity contribution in [2.45, 2.75) is 56.5 Å². The number of amides is 2. The number of fused-ring (bicyclic) bond motifs is 1. The molecule has 48 heavy (non-hydrogen) atoms. The smallest absolute Gasteiger partial charge is 0.335 e. The van der Waals surface area contributed by atoms with E-state index in [1.807, 2.05) is 54.6 Å². The first-order valence-electron chi connectivity index (χ1n) is 16.9. The highest BCUT2D eigenvalue weighted by atomic mass is 79.9. The number of piperidine rings is 1. The van der Waals surface area contributed by atoms with Crippen LogP contribution in [0.5, 0.6) is 0 Å². The second-order valence-electron chi connectivity index (χ2n) is 13.3. The highest BCUT2D eigenvalue weighted by molar-refractivity contribution is 9.10. The Labute approximate surface area is 290 Å². The Morgan fingerprint density at radius 1 is 0.938 bits per heavy atom. The number of nitrogens with two attached hydrogens (primary N) is 1. The molecular weight excluding hydrogens is 676 g/mol. The minimum atomic E-state index is -0.894. The second-order valence-corrected chi connectivity index (χ2v) is 14.2. The van der Waals surface area contributed by atoms with E-state index in [4.69, 9.17) is 20.3 Å². The number of carboxylic acids is 1. The van der Waals surface area contributed by atoms with Gasteiger partial charge in [-0.2, -0.15) is 0 Å². The number of hydrogen-bond acceptors (Lipinski definition) is 7. The molecule has 0 unspecified atom stereocenters. The van der Waals surface area contributed by atoms with E-state index < -0.39 is 17.6 Å². The quantitative estimate of drug-likeness (QED) is 0.235. The molecule has 0 radical (unpaired) electrons. The standard InChI is InChI=1S/C26H40N4O4.C11H7BrO2/c27-26(10-4-5-11-26)25(32)29-23(14-20-6-2-1-3-7-20)24(31)28-15-21-8-12-30(13-9-21)16-22-17-33-19-34-18-22;12-10-4-3-7-5-9(11(13)14)2-1-8(7)6-10/h1-3,6-7,21-23H,4-5,8-19,27H2,(H,28,31)(H,29,32);1-6H,(H,13,14)/t23-;/m1./s1. The predicted molar refractivity (Wildman–Crippen MR) is 189 cm³/mol. The Bertz CT molecular complexity index is 1520. The van der Waals surface area contributed by atoms with Crippen LogP contribution in [0.3, 0.4) is 0 Å². The first-order valence-corrected chi connectivity index (χ1v) is 17.7. The molecule has 0 aromatic heterocycles. The largest absolute Gasteiger partial charge is 0.478 e. The van der Waals surface area contributed by atoms with Gasteiger partial charge in [-0.25, -0.2) is 4.79 Å². The summed E-state index contributed by atoms with van der Waals surface area (Å²) in [6, 6.07) is 20.0. The van der Waals surface area contributed by atoms with Gasteiger partial charge in [-0.05, 0) is 85.3 Å². The molecule has 6 rings (SSSR count). The Balaban J connectivity index is 0.000000267. The minimum absolute atomic E-state index is 0.127. The topological polar surface area (TPSA) is 143 Å². The first-order chi connectivity index (χ1) is 23.2. The molecule has 2 saturated heterocycles. The lowest BCUT2D eigenvalue weighted by atomic mass is 9.95. The number of aromatic carboxylic acids is 1. The molecule has 1 aliphatic carbocycles. The van der Waals surface area contributed by atoms with Gasteiger partial charge < -0.3 is 35.8 Å². The summed E-state index contributed by atoms with van der Waals surface area (Å²) in [6.07, 6.45) is 5.83. The van der Waals surface area contributed by atoms with Crippen molar-refractivity contribution in [1.82, 2.24) is 15.5 Å². The number of benzene rings is 3. The third kappa shape index (κ3) is 10.3. The van der Waals surface area contributed by atoms with E-state index in [0.29, 0.717) is 50.0 Å². The molecule has 3 aromatic carbocycles. The Kier molecular flexibility index (Phi) is 13.0. The van der Waals surface area contributed by atoms with Gasteiger partial charge in [0.2, 0.25) is 11.8 Å². The van der Waals surface area contributed by atoms with Crippen LogP contribution in [0.25, 0.3) is 10.8 Å². The van der Waals surface area contributed by atoms with Crippen molar-refractivity contribution in [2.24, 2.45) is 17.6 Å². The maximum Gasteiger partial charge on any atom is 0.335 e. The minimum Gasteiger partial charge on any atom is -0.478 e. The van der Waals surface area contributed by atoms with Gasteiger partial charge in [-0.1, -0.05) is 71.2 Å². The molecule has 2 aliphatic heterocycles. The van der Waals surface area contributed by atoms with Crippen molar-refractivity contribution in [2.75, 3.05) is 46.2 Å². The summed E-state index contributed by atoms with van der Waals surface area (Å²) in [7, 11) is 0. The van der Waals surface area contributed by atoms with Crippen LogP contribution in [-0.2, 0) is 25.5 Å². The molecule has 5 N–H and O–H groups in total. The van der Waals surface area contributed by atoms with E-state index in [2.05, 4.69) is 31.5 Å². The molecule has 0 bridgehead atoms. The van der Waals surface area contributed by atoms with Crippen molar-refractivity contribution >= 4 is 44.5 Å². The van der Waals surface area contributed by atoms with E-state index in [1.54, 1.807) is 12.1 Å². The molecule has 0 spiro atoms. The molecular formula is C37H47BrN4O6.